The number of halogens is 1. The van der Waals surface area contributed by atoms with E-state index >= 15 is 0 Å². The lowest BCUT2D eigenvalue weighted by Gasteiger charge is -2.15. The van der Waals surface area contributed by atoms with Crippen molar-refractivity contribution < 1.29 is 9.47 Å². The van der Waals surface area contributed by atoms with Crippen molar-refractivity contribution in [1.82, 2.24) is 9.97 Å². The van der Waals surface area contributed by atoms with Crippen molar-refractivity contribution in [3.63, 3.8) is 0 Å². The molecule has 1 aliphatic heterocycles. The lowest BCUT2D eigenvalue weighted by atomic mass is 10.3. The molecular formula is C17H13ClN6O2. The molecule has 0 saturated carbocycles. The van der Waals surface area contributed by atoms with Crippen LogP contribution in [0.4, 0.5) is 0 Å². The molecule has 130 valence electrons. The molecule has 0 radical (unpaired) electrons. The smallest absolute Gasteiger partial charge is 0.238 e. The summed E-state index contributed by atoms with van der Waals surface area (Å²) >= 11 is 5.99. The van der Waals surface area contributed by atoms with Gasteiger partial charge in [0, 0.05) is 5.02 Å². The van der Waals surface area contributed by atoms with Crippen molar-refractivity contribution in [2.45, 2.75) is 19.2 Å². The number of hydrogen-bond donors (Lipinski definition) is 0. The van der Waals surface area contributed by atoms with Crippen molar-refractivity contribution in [2.75, 3.05) is 0 Å². The summed E-state index contributed by atoms with van der Waals surface area (Å²) < 4.78 is 11.5. The lowest BCUT2D eigenvalue weighted by molar-refractivity contribution is 0.192. The van der Waals surface area contributed by atoms with Crippen LogP contribution in [0.5, 0.6) is 17.4 Å². The first-order valence-electron chi connectivity index (χ1n) is 7.84. The van der Waals surface area contributed by atoms with Gasteiger partial charge in [0.1, 0.15) is 17.6 Å². The molecule has 1 atom stereocenters. The Bertz CT molecular complexity index is 980. The molecule has 0 amide bonds. The van der Waals surface area contributed by atoms with Gasteiger partial charge in [-0.15, -0.1) is 10.2 Å². The topological polar surface area (TPSA) is 93.7 Å². The number of fused-ring (bicyclic) bond motifs is 1. The average Bonchev–Trinajstić information content (AvgIpc) is 3.18. The van der Waals surface area contributed by atoms with E-state index < -0.39 is 6.17 Å². The van der Waals surface area contributed by atoms with E-state index in [1.54, 1.807) is 42.6 Å². The van der Waals surface area contributed by atoms with E-state index in [1.807, 2.05) is 13.0 Å². The van der Waals surface area contributed by atoms with E-state index in [9.17, 15) is 0 Å². The van der Waals surface area contributed by atoms with Gasteiger partial charge in [-0.3, -0.25) is 0 Å². The third kappa shape index (κ3) is 3.60. The van der Waals surface area contributed by atoms with Crippen LogP contribution >= 0.6 is 11.6 Å². The second kappa shape index (κ2) is 7.01. The van der Waals surface area contributed by atoms with Gasteiger partial charge in [-0.05, 0) is 59.8 Å². The summed E-state index contributed by atoms with van der Waals surface area (Å²) in [5, 5.41) is 15.3. The van der Waals surface area contributed by atoms with Crippen LogP contribution < -0.4 is 9.47 Å². The number of benzene rings is 2. The zero-order valence-corrected chi connectivity index (χ0v) is 14.4. The number of ether oxygens (including phenoxy) is 2. The van der Waals surface area contributed by atoms with Crippen LogP contribution in [0.15, 0.2) is 69.3 Å². The van der Waals surface area contributed by atoms with Crippen molar-refractivity contribution in [3.8, 4) is 17.4 Å². The maximum absolute atomic E-state index is 5.99. The van der Waals surface area contributed by atoms with Crippen LogP contribution in [0, 0.1) is 0 Å². The highest BCUT2D eigenvalue weighted by atomic mass is 35.5. The van der Waals surface area contributed by atoms with Crippen LogP contribution in [0.2, 0.25) is 5.02 Å². The first-order chi connectivity index (χ1) is 12.7. The van der Waals surface area contributed by atoms with Crippen molar-refractivity contribution in [3.05, 3.63) is 53.7 Å². The Kier molecular flexibility index (Phi) is 4.40. The summed E-state index contributed by atoms with van der Waals surface area (Å²) in [6, 6.07) is 12.5. The fraction of sp³-hybridized carbons (Fsp3) is 0.176. The highest BCUT2D eigenvalue weighted by molar-refractivity contribution is 6.31. The van der Waals surface area contributed by atoms with Gasteiger partial charge in [0.2, 0.25) is 12.0 Å². The minimum atomic E-state index is -0.411. The molecule has 0 fully saturated rings. The van der Waals surface area contributed by atoms with E-state index in [0.717, 1.165) is 5.52 Å². The van der Waals surface area contributed by atoms with Crippen molar-refractivity contribution in [1.29, 1.82) is 0 Å². The third-order valence-corrected chi connectivity index (χ3v) is 3.89. The fourth-order valence-corrected chi connectivity index (χ4v) is 2.53. The number of hydrogen-bond acceptors (Lipinski definition) is 8. The van der Waals surface area contributed by atoms with Crippen LogP contribution in [0.3, 0.4) is 0 Å². The summed E-state index contributed by atoms with van der Waals surface area (Å²) in [5.74, 6) is 1.66. The Morgan fingerprint density at radius 2 is 1.69 bits per heavy atom. The molecule has 0 saturated heterocycles. The molecule has 1 aliphatic rings. The van der Waals surface area contributed by atoms with E-state index in [0.29, 0.717) is 27.9 Å². The standard InChI is InChI=1S/C17H13ClN6O2/c1-10(17-21-23-24-22-17)25-12-3-5-13(6-4-12)26-16-9-19-14-7-2-11(18)8-15(14)20-16/h2-10,17H,1H3. The first kappa shape index (κ1) is 16.3. The lowest BCUT2D eigenvalue weighted by Crippen LogP contribution is -2.24. The molecular weight excluding hydrogens is 356 g/mol. The van der Waals surface area contributed by atoms with E-state index in [4.69, 9.17) is 21.1 Å². The molecule has 0 bridgehead atoms. The van der Waals surface area contributed by atoms with Gasteiger partial charge in [0.25, 0.3) is 0 Å². The molecule has 8 nitrogen and oxygen atoms in total. The quantitative estimate of drug-likeness (QED) is 0.633. The van der Waals surface area contributed by atoms with Gasteiger partial charge in [0.05, 0.1) is 17.2 Å². The summed E-state index contributed by atoms with van der Waals surface area (Å²) in [6.07, 6.45) is 0.886. The van der Waals surface area contributed by atoms with Crippen LogP contribution in [0.1, 0.15) is 6.92 Å². The highest BCUT2D eigenvalue weighted by Crippen LogP contribution is 2.25. The molecule has 2 heterocycles. The van der Waals surface area contributed by atoms with Crippen LogP contribution in [0.25, 0.3) is 11.0 Å². The monoisotopic (exact) mass is 368 g/mol. The summed E-state index contributed by atoms with van der Waals surface area (Å²) in [4.78, 5) is 8.72. The SMILES string of the molecule is CC(Oc1ccc(Oc2cnc3ccc(Cl)cc3n2)cc1)C1N=NN=N1. The molecule has 2 aromatic carbocycles. The Hall–Kier alpha value is -3.13. The molecule has 9 heteroatoms. The average molecular weight is 369 g/mol. The molecule has 0 aliphatic carbocycles. The molecule has 0 spiro atoms. The number of aromatic nitrogens is 2. The van der Waals surface area contributed by atoms with Crippen LogP contribution in [-0.4, -0.2) is 22.2 Å². The van der Waals surface area contributed by atoms with Gasteiger partial charge in [0.15, 0.2) is 0 Å². The van der Waals surface area contributed by atoms with Gasteiger partial charge in [-0.25, -0.2) is 9.97 Å². The van der Waals surface area contributed by atoms with E-state index in [2.05, 4.69) is 30.6 Å². The molecule has 4 rings (SSSR count). The zero-order chi connectivity index (χ0) is 17.9. The normalized spacial score (nSPS) is 14.7. The fourth-order valence-electron chi connectivity index (χ4n) is 2.36. The summed E-state index contributed by atoms with van der Waals surface area (Å²) in [7, 11) is 0. The van der Waals surface area contributed by atoms with Crippen LogP contribution in [-0.2, 0) is 0 Å². The second-order valence-electron chi connectivity index (χ2n) is 5.56. The predicted octanol–water partition coefficient (Wildman–Crippen LogP) is 5.00. The second-order valence-corrected chi connectivity index (χ2v) is 6.00. The first-order valence-corrected chi connectivity index (χ1v) is 8.22. The molecule has 26 heavy (non-hydrogen) atoms. The Labute approximate surface area is 153 Å². The molecule has 1 aromatic heterocycles. The maximum Gasteiger partial charge on any atom is 0.238 e. The minimum absolute atomic E-state index is 0.270. The number of nitrogens with zero attached hydrogens (tertiary/aromatic N) is 6. The third-order valence-electron chi connectivity index (χ3n) is 3.65. The number of rotatable bonds is 5. The summed E-state index contributed by atoms with van der Waals surface area (Å²) in [6.45, 7) is 1.86. The van der Waals surface area contributed by atoms with Gasteiger partial charge in [-0.2, -0.15) is 0 Å². The molecule has 0 N–H and O–H groups in total. The predicted molar refractivity (Wildman–Crippen MR) is 94.7 cm³/mol. The Morgan fingerprint density at radius 3 is 2.46 bits per heavy atom. The van der Waals surface area contributed by atoms with Gasteiger partial charge < -0.3 is 9.47 Å². The highest BCUT2D eigenvalue weighted by Gasteiger charge is 2.20. The molecule has 1 unspecified atom stereocenters. The van der Waals surface area contributed by atoms with E-state index in [-0.39, 0.29) is 6.10 Å². The summed E-state index contributed by atoms with van der Waals surface area (Å²) in [5.41, 5.74) is 1.42. The Morgan fingerprint density at radius 1 is 0.962 bits per heavy atom. The van der Waals surface area contributed by atoms with Crippen molar-refractivity contribution >= 4 is 22.6 Å². The minimum Gasteiger partial charge on any atom is -0.486 e. The van der Waals surface area contributed by atoms with Gasteiger partial charge >= 0.3 is 0 Å². The maximum atomic E-state index is 5.99. The zero-order valence-electron chi connectivity index (χ0n) is 13.7. The van der Waals surface area contributed by atoms with E-state index in [1.165, 1.54) is 0 Å². The largest absolute Gasteiger partial charge is 0.486 e. The Balaban J connectivity index is 1.45. The van der Waals surface area contributed by atoms with Crippen molar-refractivity contribution in [2.24, 2.45) is 20.7 Å². The van der Waals surface area contributed by atoms with Gasteiger partial charge in [-0.1, -0.05) is 11.6 Å². The molecule has 3 aromatic rings.